The Morgan fingerprint density at radius 2 is 1.94 bits per heavy atom. The van der Waals surface area contributed by atoms with Gasteiger partial charge in [0.15, 0.2) is 0 Å². The van der Waals surface area contributed by atoms with Gasteiger partial charge in [-0.1, -0.05) is 4.57 Å². The zero-order valence-electron chi connectivity index (χ0n) is 8.24. The third kappa shape index (κ3) is 5.65. The molecule has 0 aliphatic carbocycles. The summed E-state index contributed by atoms with van der Waals surface area (Å²) in [6, 6.07) is -1.67. The van der Waals surface area contributed by atoms with E-state index in [-0.39, 0.29) is 12.6 Å². The lowest BCUT2D eigenvalue weighted by Gasteiger charge is -2.13. The van der Waals surface area contributed by atoms with Gasteiger partial charge in [-0.25, -0.2) is 4.79 Å². The molecule has 16 heavy (non-hydrogen) atoms. The van der Waals surface area contributed by atoms with Crippen LogP contribution in [0.1, 0.15) is 6.42 Å². The molecule has 0 aromatic rings. The molecule has 0 saturated heterocycles. The Bertz CT molecular complexity index is 304. The number of carboxylic acid groups (broad SMARTS) is 1. The second-order valence-electron chi connectivity index (χ2n) is 3.00. The zero-order valence-corrected chi connectivity index (χ0v) is 9.14. The number of nitrogens with one attached hydrogen (secondary N) is 1. The molecule has 0 radical (unpaired) electrons. The van der Waals surface area contributed by atoms with Crippen molar-refractivity contribution in [2.45, 2.75) is 18.6 Å². The van der Waals surface area contributed by atoms with E-state index in [0.717, 1.165) is 0 Å². The van der Waals surface area contributed by atoms with Gasteiger partial charge in [0, 0.05) is 6.42 Å². The van der Waals surface area contributed by atoms with Gasteiger partial charge in [-0.3, -0.25) is 4.79 Å². The molecule has 0 rings (SSSR count). The van der Waals surface area contributed by atoms with Gasteiger partial charge in [0.25, 0.3) is 0 Å². The summed E-state index contributed by atoms with van der Waals surface area (Å²) in [6.07, 6.45) is -5.49. The van der Waals surface area contributed by atoms with E-state index in [4.69, 9.17) is 5.11 Å². The number of aliphatic carboxylic acids is 1. The van der Waals surface area contributed by atoms with Crippen LogP contribution in [0.4, 0.5) is 13.2 Å². The van der Waals surface area contributed by atoms with E-state index < -0.39 is 31.9 Å². The van der Waals surface area contributed by atoms with E-state index in [1.807, 2.05) is 0 Å². The van der Waals surface area contributed by atoms with Crippen LogP contribution in [-0.2, 0) is 14.2 Å². The van der Waals surface area contributed by atoms with Crippen molar-refractivity contribution in [1.29, 1.82) is 0 Å². The highest BCUT2D eigenvalue weighted by molar-refractivity contribution is 7.43. The minimum atomic E-state index is -5.12. The summed E-state index contributed by atoms with van der Waals surface area (Å²) < 4.78 is 46.1. The van der Waals surface area contributed by atoms with Crippen molar-refractivity contribution in [3.8, 4) is 0 Å². The molecule has 2 atom stereocenters. The lowest BCUT2D eigenvalue weighted by atomic mass is 10.2. The van der Waals surface area contributed by atoms with Crippen LogP contribution in [0, 0.1) is 0 Å². The Hall–Kier alpha value is -1.17. The summed E-state index contributed by atoms with van der Waals surface area (Å²) in [5.41, 5.74) is 0. The SMILES string of the molecule is C[P+](=O)CCC(NC(=O)C(F)(F)F)C(=O)O. The molecule has 5 nitrogen and oxygen atoms in total. The minimum absolute atomic E-state index is 0.0650. The van der Waals surface area contributed by atoms with Crippen molar-refractivity contribution >= 4 is 19.7 Å². The quantitative estimate of drug-likeness (QED) is 0.721. The lowest BCUT2D eigenvalue weighted by Crippen LogP contribution is -2.47. The molecule has 0 aromatic carbocycles. The van der Waals surface area contributed by atoms with Gasteiger partial charge in [0.2, 0.25) is 0 Å². The minimum Gasteiger partial charge on any atom is -0.480 e. The second-order valence-corrected chi connectivity index (χ2v) is 4.71. The first-order valence-electron chi connectivity index (χ1n) is 4.13. The molecule has 0 heterocycles. The molecule has 2 N–H and O–H groups in total. The molecule has 0 spiro atoms. The molecule has 0 bridgehead atoms. The van der Waals surface area contributed by atoms with Crippen molar-refractivity contribution in [2.24, 2.45) is 0 Å². The smallest absolute Gasteiger partial charge is 0.471 e. The summed E-state index contributed by atoms with van der Waals surface area (Å²) >= 11 is 0. The maximum Gasteiger partial charge on any atom is 0.471 e. The summed E-state index contributed by atoms with van der Waals surface area (Å²) in [5.74, 6) is -3.90. The number of rotatable bonds is 5. The second kappa shape index (κ2) is 5.79. The van der Waals surface area contributed by atoms with Crippen LogP contribution in [0.15, 0.2) is 0 Å². The predicted octanol–water partition coefficient (Wildman–Crippen LogP) is 0.965. The Morgan fingerprint density at radius 3 is 2.25 bits per heavy atom. The normalized spacial score (nSPS) is 14.1. The maximum absolute atomic E-state index is 11.8. The number of carboxylic acids is 1. The molecule has 0 fully saturated rings. The van der Waals surface area contributed by atoms with Gasteiger partial charge in [-0.05, 0) is 0 Å². The molecule has 2 unspecified atom stereocenters. The third-order valence-electron chi connectivity index (χ3n) is 1.59. The van der Waals surface area contributed by atoms with Crippen LogP contribution >= 0.6 is 7.80 Å². The van der Waals surface area contributed by atoms with Crippen molar-refractivity contribution in [3.63, 3.8) is 0 Å². The van der Waals surface area contributed by atoms with E-state index in [1.54, 1.807) is 0 Å². The first-order chi connectivity index (χ1) is 7.14. The molecular formula is C7H10F3NO4P+. The number of hydrogen-bond acceptors (Lipinski definition) is 3. The lowest BCUT2D eigenvalue weighted by molar-refractivity contribution is -0.175. The number of amides is 1. The average molecular weight is 260 g/mol. The highest BCUT2D eigenvalue weighted by Crippen LogP contribution is 2.18. The van der Waals surface area contributed by atoms with E-state index in [0.29, 0.717) is 0 Å². The third-order valence-corrected chi connectivity index (χ3v) is 2.48. The van der Waals surface area contributed by atoms with Crippen LogP contribution in [-0.4, -0.2) is 42.0 Å². The van der Waals surface area contributed by atoms with E-state index in [9.17, 15) is 27.3 Å². The van der Waals surface area contributed by atoms with E-state index in [1.165, 1.54) is 12.0 Å². The van der Waals surface area contributed by atoms with Gasteiger partial charge in [0.1, 0.15) is 18.9 Å². The Labute approximate surface area is 89.8 Å². The summed E-state index contributed by atoms with van der Waals surface area (Å²) in [4.78, 5) is 20.9. The molecule has 0 aliphatic heterocycles. The topological polar surface area (TPSA) is 83.5 Å². The predicted molar refractivity (Wildman–Crippen MR) is 48.6 cm³/mol. The molecule has 92 valence electrons. The number of carbonyl (C=O) groups is 2. The van der Waals surface area contributed by atoms with Crippen LogP contribution in [0.5, 0.6) is 0 Å². The standard InChI is InChI=1S/C7H9F3NO4P/c1-16(15)3-2-4(5(12)13)11-6(14)7(8,9)10/h4H,2-3H2,1H3,(H-,11,12,13,14)/p+1. The van der Waals surface area contributed by atoms with Gasteiger partial charge >= 0.3 is 25.9 Å². The van der Waals surface area contributed by atoms with Crippen molar-refractivity contribution in [3.05, 3.63) is 0 Å². The Kier molecular flexibility index (Phi) is 5.37. The van der Waals surface area contributed by atoms with Crippen molar-refractivity contribution in [1.82, 2.24) is 5.32 Å². The fraction of sp³-hybridized carbons (Fsp3) is 0.714. The largest absolute Gasteiger partial charge is 0.480 e. The highest BCUT2D eigenvalue weighted by atomic mass is 31.1. The fourth-order valence-corrected chi connectivity index (χ4v) is 1.43. The van der Waals surface area contributed by atoms with Gasteiger partial charge < -0.3 is 10.4 Å². The summed E-state index contributed by atoms with van der Waals surface area (Å²) in [7, 11) is -1.66. The molecule has 0 aromatic heterocycles. The van der Waals surface area contributed by atoms with E-state index >= 15 is 0 Å². The monoisotopic (exact) mass is 260 g/mol. The van der Waals surface area contributed by atoms with Gasteiger partial charge in [-0.2, -0.15) is 13.2 Å². The summed E-state index contributed by atoms with van der Waals surface area (Å²) in [6.45, 7) is 1.32. The first kappa shape index (κ1) is 14.8. The van der Waals surface area contributed by atoms with Crippen molar-refractivity contribution < 1.29 is 32.4 Å². The number of halogens is 3. The first-order valence-corrected chi connectivity index (χ1v) is 6.02. The zero-order chi connectivity index (χ0) is 12.9. The average Bonchev–Trinajstić information content (AvgIpc) is 2.09. The summed E-state index contributed by atoms with van der Waals surface area (Å²) in [5, 5.41) is 9.84. The van der Waals surface area contributed by atoms with E-state index in [2.05, 4.69) is 0 Å². The molecule has 1 amide bonds. The number of carbonyl (C=O) groups excluding carboxylic acids is 1. The molecule has 9 heteroatoms. The highest BCUT2D eigenvalue weighted by Gasteiger charge is 2.41. The maximum atomic E-state index is 11.8. The van der Waals surface area contributed by atoms with Crippen LogP contribution < -0.4 is 5.32 Å². The van der Waals surface area contributed by atoms with Gasteiger partial charge in [-0.15, -0.1) is 0 Å². The van der Waals surface area contributed by atoms with Crippen LogP contribution in [0.2, 0.25) is 0 Å². The van der Waals surface area contributed by atoms with Gasteiger partial charge in [0.05, 0.1) is 0 Å². The fourth-order valence-electron chi connectivity index (χ4n) is 0.808. The Balaban J connectivity index is 4.41. The van der Waals surface area contributed by atoms with Crippen LogP contribution in [0.25, 0.3) is 0 Å². The van der Waals surface area contributed by atoms with Crippen molar-refractivity contribution in [2.75, 3.05) is 12.8 Å². The number of alkyl halides is 3. The molecule has 0 saturated carbocycles. The van der Waals surface area contributed by atoms with Crippen LogP contribution in [0.3, 0.4) is 0 Å². The number of hydrogen-bond donors (Lipinski definition) is 2. The molecule has 0 aliphatic rings. The Morgan fingerprint density at radius 1 is 1.44 bits per heavy atom. The molecular weight excluding hydrogens is 250 g/mol.